The Balaban J connectivity index is 2.85. The highest BCUT2D eigenvalue weighted by Gasteiger charge is 2.05. The maximum Gasteiger partial charge on any atom is 0.178 e. The van der Waals surface area contributed by atoms with Crippen molar-refractivity contribution in [1.82, 2.24) is 9.88 Å². The lowest BCUT2D eigenvalue weighted by Gasteiger charge is -2.11. The number of ketones is 1. The van der Waals surface area contributed by atoms with Gasteiger partial charge in [-0.2, -0.15) is 0 Å². The van der Waals surface area contributed by atoms with Gasteiger partial charge in [0.15, 0.2) is 5.78 Å². The van der Waals surface area contributed by atoms with Crippen LogP contribution in [0.25, 0.3) is 0 Å². The molecule has 0 unspecified atom stereocenters. The smallest absolute Gasteiger partial charge is 0.178 e. The van der Waals surface area contributed by atoms with Crippen molar-refractivity contribution in [2.24, 2.45) is 0 Å². The summed E-state index contributed by atoms with van der Waals surface area (Å²) in [5.74, 6) is 0.0288. The van der Waals surface area contributed by atoms with Crippen molar-refractivity contribution in [2.45, 2.75) is 20.3 Å². The first-order valence-corrected chi connectivity index (χ1v) is 5.13. The molecule has 1 heterocycles. The lowest BCUT2D eigenvalue weighted by atomic mass is 10.1. The van der Waals surface area contributed by atoms with E-state index < -0.39 is 0 Å². The van der Waals surface area contributed by atoms with Crippen LogP contribution in [-0.2, 0) is 6.42 Å². The number of hydrogen-bond acceptors (Lipinski definition) is 3. The standard InChI is InChI=1S/C12H18N2O/c1-9-5-6-12(10(2)15)13-11(9)7-8-14(3)4/h5-6H,7-8H2,1-4H3. The molecule has 0 saturated heterocycles. The number of Topliss-reactive ketones (excluding diaryl/α,β-unsaturated/α-hetero) is 1. The van der Waals surface area contributed by atoms with E-state index >= 15 is 0 Å². The van der Waals surface area contributed by atoms with Gasteiger partial charge in [-0.3, -0.25) is 4.79 Å². The van der Waals surface area contributed by atoms with Gasteiger partial charge in [0.25, 0.3) is 0 Å². The molecule has 0 aliphatic heterocycles. The van der Waals surface area contributed by atoms with Crippen LogP contribution in [0, 0.1) is 6.92 Å². The van der Waals surface area contributed by atoms with Crippen LogP contribution in [0.3, 0.4) is 0 Å². The Hall–Kier alpha value is -1.22. The Labute approximate surface area is 91.1 Å². The van der Waals surface area contributed by atoms with Crippen LogP contribution in [0.2, 0.25) is 0 Å². The molecule has 0 atom stereocenters. The van der Waals surface area contributed by atoms with Gasteiger partial charge in [0.2, 0.25) is 0 Å². The van der Waals surface area contributed by atoms with E-state index in [4.69, 9.17) is 0 Å². The van der Waals surface area contributed by atoms with Gasteiger partial charge < -0.3 is 4.90 Å². The molecule has 0 N–H and O–H groups in total. The zero-order chi connectivity index (χ0) is 11.4. The highest BCUT2D eigenvalue weighted by atomic mass is 16.1. The molecule has 0 aromatic carbocycles. The topological polar surface area (TPSA) is 33.2 Å². The summed E-state index contributed by atoms with van der Waals surface area (Å²) in [4.78, 5) is 17.7. The number of pyridine rings is 1. The largest absolute Gasteiger partial charge is 0.309 e. The van der Waals surface area contributed by atoms with Gasteiger partial charge in [0, 0.05) is 25.6 Å². The molecule has 0 spiro atoms. The van der Waals surface area contributed by atoms with E-state index in [1.54, 1.807) is 13.0 Å². The van der Waals surface area contributed by atoms with Crippen LogP contribution in [0.1, 0.15) is 28.7 Å². The predicted molar refractivity (Wildman–Crippen MR) is 61.2 cm³/mol. The highest BCUT2D eigenvalue weighted by molar-refractivity contribution is 5.92. The number of rotatable bonds is 4. The second-order valence-electron chi connectivity index (χ2n) is 4.07. The molecule has 82 valence electrons. The molecule has 3 nitrogen and oxygen atoms in total. The summed E-state index contributed by atoms with van der Waals surface area (Å²) < 4.78 is 0. The van der Waals surface area contributed by atoms with Crippen molar-refractivity contribution in [3.05, 3.63) is 29.1 Å². The Morgan fingerprint density at radius 1 is 1.40 bits per heavy atom. The molecule has 15 heavy (non-hydrogen) atoms. The maximum absolute atomic E-state index is 11.2. The van der Waals surface area contributed by atoms with Crippen molar-refractivity contribution in [2.75, 3.05) is 20.6 Å². The van der Waals surface area contributed by atoms with Crippen molar-refractivity contribution in [3.8, 4) is 0 Å². The van der Waals surface area contributed by atoms with Gasteiger partial charge in [0.1, 0.15) is 5.69 Å². The molecule has 0 fully saturated rings. The van der Waals surface area contributed by atoms with Crippen LogP contribution in [0.5, 0.6) is 0 Å². The molecule has 1 aromatic rings. The fourth-order valence-corrected chi connectivity index (χ4v) is 1.35. The van der Waals surface area contributed by atoms with Crippen LogP contribution >= 0.6 is 0 Å². The summed E-state index contributed by atoms with van der Waals surface area (Å²) in [5, 5.41) is 0. The second-order valence-corrected chi connectivity index (χ2v) is 4.07. The number of likely N-dealkylation sites (N-methyl/N-ethyl adjacent to an activating group) is 1. The first-order chi connectivity index (χ1) is 7.00. The maximum atomic E-state index is 11.2. The van der Waals surface area contributed by atoms with Crippen molar-refractivity contribution < 1.29 is 4.79 Å². The minimum absolute atomic E-state index is 0.0288. The number of hydrogen-bond donors (Lipinski definition) is 0. The Bertz CT molecular complexity index is 359. The monoisotopic (exact) mass is 206 g/mol. The van der Waals surface area contributed by atoms with Gasteiger partial charge in [-0.25, -0.2) is 4.98 Å². The SMILES string of the molecule is CC(=O)c1ccc(C)c(CCN(C)C)n1. The van der Waals surface area contributed by atoms with Crippen molar-refractivity contribution in [1.29, 1.82) is 0 Å². The average molecular weight is 206 g/mol. The highest BCUT2D eigenvalue weighted by Crippen LogP contribution is 2.08. The Morgan fingerprint density at radius 2 is 2.07 bits per heavy atom. The molecule has 1 aromatic heterocycles. The third-order valence-electron chi connectivity index (χ3n) is 2.36. The number of aromatic nitrogens is 1. The lowest BCUT2D eigenvalue weighted by Crippen LogP contribution is -2.16. The minimum Gasteiger partial charge on any atom is -0.309 e. The van der Waals surface area contributed by atoms with E-state index in [2.05, 4.69) is 9.88 Å². The van der Waals surface area contributed by atoms with Gasteiger partial charge in [-0.15, -0.1) is 0 Å². The second kappa shape index (κ2) is 5.03. The molecule has 0 saturated carbocycles. The van der Waals surface area contributed by atoms with Gasteiger partial charge in [-0.05, 0) is 32.6 Å². The average Bonchev–Trinajstić information content (AvgIpc) is 2.16. The van der Waals surface area contributed by atoms with E-state index in [1.807, 2.05) is 27.1 Å². The molecule has 0 amide bonds. The van der Waals surface area contributed by atoms with Crippen LogP contribution in [-0.4, -0.2) is 36.3 Å². The fourth-order valence-electron chi connectivity index (χ4n) is 1.35. The van der Waals surface area contributed by atoms with E-state index in [-0.39, 0.29) is 5.78 Å². The molecule has 1 rings (SSSR count). The van der Waals surface area contributed by atoms with E-state index in [9.17, 15) is 4.79 Å². The van der Waals surface area contributed by atoms with Gasteiger partial charge in [-0.1, -0.05) is 6.07 Å². The Kier molecular flexibility index (Phi) is 3.97. The molecule has 0 aliphatic carbocycles. The number of carbonyl (C=O) groups excluding carboxylic acids is 1. The first-order valence-electron chi connectivity index (χ1n) is 5.13. The third-order valence-corrected chi connectivity index (χ3v) is 2.36. The summed E-state index contributed by atoms with van der Waals surface area (Å²) in [7, 11) is 4.06. The molecular weight excluding hydrogens is 188 g/mol. The zero-order valence-corrected chi connectivity index (χ0v) is 9.87. The van der Waals surface area contributed by atoms with E-state index in [0.717, 1.165) is 24.2 Å². The van der Waals surface area contributed by atoms with Crippen molar-refractivity contribution >= 4 is 5.78 Å². The lowest BCUT2D eigenvalue weighted by molar-refractivity contribution is 0.101. The van der Waals surface area contributed by atoms with Crippen LogP contribution in [0.4, 0.5) is 0 Å². The van der Waals surface area contributed by atoms with Gasteiger partial charge in [0.05, 0.1) is 0 Å². The summed E-state index contributed by atoms with van der Waals surface area (Å²) in [6.45, 7) is 4.53. The summed E-state index contributed by atoms with van der Waals surface area (Å²) in [5.41, 5.74) is 2.74. The summed E-state index contributed by atoms with van der Waals surface area (Å²) >= 11 is 0. The number of nitrogens with zero attached hydrogens (tertiary/aromatic N) is 2. The first kappa shape index (κ1) is 11.9. The van der Waals surface area contributed by atoms with Gasteiger partial charge >= 0.3 is 0 Å². The van der Waals surface area contributed by atoms with E-state index in [0.29, 0.717) is 5.69 Å². The van der Waals surface area contributed by atoms with Crippen LogP contribution < -0.4 is 0 Å². The quantitative estimate of drug-likeness (QED) is 0.703. The molecule has 0 bridgehead atoms. The predicted octanol–water partition coefficient (Wildman–Crippen LogP) is 1.70. The zero-order valence-electron chi connectivity index (χ0n) is 9.87. The molecule has 3 heteroatoms. The Morgan fingerprint density at radius 3 is 2.60 bits per heavy atom. The van der Waals surface area contributed by atoms with Crippen molar-refractivity contribution in [3.63, 3.8) is 0 Å². The molecule has 0 radical (unpaired) electrons. The minimum atomic E-state index is 0.0288. The molecular formula is C12H18N2O. The number of carbonyl (C=O) groups is 1. The summed E-state index contributed by atoms with van der Waals surface area (Å²) in [6, 6.07) is 3.76. The van der Waals surface area contributed by atoms with E-state index in [1.165, 1.54) is 0 Å². The number of aryl methyl sites for hydroxylation is 1. The normalized spacial score (nSPS) is 10.7. The fraction of sp³-hybridized carbons (Fsp3) is 0.500. The summed E-state index contributed by atoms with van der Waals surface area (Å²) in [6.07, 6.45) is 0.889. The van der Waals surface area contributed by atoms with Crippen LogP contribution in [0.15, 0.2) is 12.1 Å². The molecule has 0 aliphatic rings. The third kappa shape index (κ3) is 3.44.